The van der Waals surface area contributed by atoms with Gasteiger partial charge < -0.3 is 18.9 Å². The number of rotatable bonds is 10. The third-order valence-electron chi connectivity index (χ3n) is 6.41. The van der Waals surface area contributed by atoms with Crippen LogP contribution >= 0.6 is 0 Å². The molecule has 37 heavy (non-hydrogen) atoms. The summed E-state index contributed by atoms with van der Waals surface area (Å²) < 4.78 is 21.2. The lowest BCUT2D eigenvalue weighted by molar-refractivity contribution is -0.149. The Morgan fingerprint density at radius 3 is 2.30 bits per heavy atom. The highest BCUT2D eigenvalue weighted by atomic mass is 16.7. The fourth-order valence-electron chi connectivity index (χ4n) is 4.32. The van der Waals surface area contributed by atoms with E-state index in [1.54, 1.807) is 54.6 Å². The van der Waals surface area contributed by atoms with Gasteiger partial charge in [-0.3, -0.25) is 0 Å². The molecule has 196 valence electrons. The average molecular weight is 507 g/mol. The van der Waals surface area contributed by atoms with E-state index in [4.69, 9.17) is 18.9 Å². The Morgan fingerprint density at radius 1 is 0.973 bits per heavy atom. The summed E-state index contributed by atoms with van der Waals surface area (Å²) in [5, 5.41) is 0. The Hall–Kier alpha value is -3.87. The molecule has 2 aromatic rings. The first-order valence-corrected chi connectivity index (χ1v) is 12.5. The monoisotopic (exact) mass is 506 g/mol. The molecule has 0 spiro atoms. The van der Waals surface area contributed by atoms with Crippen LogP contribution in [0.15, 0.2) is 67.3 Å². The van der Waals surface area contributed by atoms with E-state index < -0.39 is 11.9 Å². The van der Waals surface area contributed by atoms with Crippen LogP contribution in [0.1, 0.15) is 56.0 Å². The quantitative estimate of drug-likeness (QED) is 0.169. The number of hydrogen-bond donors (Lipinski definition) is 0. The summed E-state index contributed by atoms with van der Waals surface area (Å²) in [6.07, 6.45) is 7.31. The highest BCUT2D eigenvalue weighted by molar-refractivity contribution is 5.91. The Bertz CT molecular complexity index is 1100. The van der Waals surface area contributed by atoms with E-state index >= 15 is 0 Å². The van der Waals surface area contributed by atoms with E-state index in [-0.39, 0.29) is 18.9 Å². The van der Waals surface area contributed by atoms with E-state index in [1.165, 1.54) is 12.5 Å². The zero-order valence-electron chi connectivity index (χ0n) is 21.6. The highest BCUT2D eigenvalue weighted by Gasteiger charge is 2.32. The molecule has 0 bridgehead atoms. The number of esters is 3. The fourth-order valence-corrected chi connectivity index (χ4v) is 4.32. The summed E-state index contributed by atoms with van der Waals surface area (Å²) in [5.74, 6) is 0.781. The summed E-state index contributed by atoms with van der Waals surface area (Å²) in [6, 6.07) is 13.1. The second-order valence-corrected chi connectivity index (χ2v) is 9.55. The van der Waals surface area contributed by atoms with Gasteiger partial charge in [0.05, 0.1) is 5.56 Å². The molecular formula is C30H34O7. The smallest absolute Gasteiger partial charge is 0.343 e. The van der Waals surface area contributed by atoms with Gasteiger partial charge in [0.15, 0.2) is 0 Å². The van der Waals surface area contributed by atoms with Crippen LogP contribution in [-0.4, -0.2) is 30.8 Å². The maximum Gasteiger partial charge on any atom is 0.343 e. The van der Waals surface area contributed by atoms with Gasteiger partial charge in [0.1, 0.15) is 17.6 Å². The largest absolute Gasteiger partial charge is 0.459 e. The number of carbonyl (C=O) groups is 3. The van der Waals surface area contributed by atoms with Gasteiger partial charge in [-0.2, -0.15) is 0 Å². The van der Waals surface area contributed by atoms with Gasteiger partial charge in [-0.15, -0.1) is 0 Å². The van der Waals surface area contributed by atoms with Crippen molar-refractivity contribution in [2.24, 2.45) is 17.8 Å². The zero-order valence-corrected chi connectivity index (χ0v) is 21.6. The van der Waals surface area contributed by atoms with Crippen molar-refractivity contribution in [1.82, 2.24) is 0 Å². The first kappa shape index (κ1) is 27.7. The summed E-state index contributed by atoms with van der Waals surface area (Å²) in [6.45, 7) is 9.61. The summed E-state index contributed by atoms with van der Waals surface area (Å²) in [4.78, 5) is 35.9. The van der Waals surface area contributed by atoms with Gasteiger partial charge in [-0.05, 0) is 78.6 Å². The van der Waals surface area contributed by atoms with Gasteiger partial charge in [-0.1, -0.05) is 45.9 Å². The Labute approximate surface area is 218 Å². The summed E-state index contributed by atoms with van der Waals surface area (Å²) in [7, 11) is 0. The van der Waals surface area contributed by atoms with Crippen LogP contribution in [0.4, 0.5) is 0 Å². The van der Waals surface area contributed by atoms with E-state index in [9.17, 15) is 14.4 Å². The van der Waals surface area contributed by atoms with Crippen molar-refractivity contribution in [3.05, 3.63) is 78.4 Å². The zero-order chi connectivity index (χ0) is 26.8. The molecule has 3 unspecified atom stereocenters. The molecule has 7 heteroatoms. The minimum Gasteiger partial charge on any atom is -0.459 e. The average Bonchev–Trinajstić information content (AvgIpc) is 2.88. The minimum atomic E-state index is -0.587. The second-order valence-electron chi connectivity index (χ2n) is 9.55. The van der Waals surface area contributed by atoms with Gasteiger partial charge in [0.25, 0.3) is 0 Å². The lowest BCUT2D eigenvalue weighted by atomic mass is 9.75. The van der Waals surface area contributed by atoms with Gasteiger partial charge in [-0.25, -0.2) is 14.4 Å². The van der Waals surface area contributed by atoms with Crippen molar-refractivity contribution in [1.29, 1.82) is 0 Å². The van der Waals surface area contributed by atoms with Crippen molar-refractivity contribution < 1.29 is 33.3 Å². The first-order valence-electron chi connectivity index (χ1n) is 12.5. The van der Waals surface area contributed by atoms with Gasteiger partial charge in [0.2, 0.25) is 6.79 Å². The normalized spacial score (nSPS) is 19.3. The Kier molecular flexibility index (Phi) is 10.1. The van der Waals surface area contributed by atoms with Gasteiger partial charge >= 0.3 is 17.9 Å². The van der Waals surface area contributed by atoms with Crippen LogP contribution in [0, 0.1) is 17.8 Å². The molecule has 1 saturated carbocycles. The molecule has 2 aromatic carbocycles. The molecule has 1 aliphatic rings. The SMILES string of the molecule is C=CC(=O)OCOc1ccc(C(=O)Oc2ccc(/C=C/C(=O)OC3CC(C)CCC3C(C)C)cc2)cc1. The molecule has 7 nitrogen and oxygen atoms in total. The van der Waals surface area contributed by atoms with Crippen LogP contribution in [0.3, 0.4) is 0 Å². The molecule has 1 fully saturated rings. The van der Waals surface area contributed by atoms with Crippen LogP contribution in [0.5, 0.6) is 11.5 Å². The van der Waals surface area contributed by atoms with Crippen molar-refractivity contribution in [3.8, 4) is 11.5 Å². The standard InChI is InChI=1S/C30H34O7/c1-5-28(31)35-19-34-24-14-10-23(11-15-24)30(33)36-25-12-7-22(8-13-25)9-17-29(32)37-27-18-21(4)6-16-26(27)20(2)3/h5,7-15,17,20-21,26-27H,1,6,16,18-19H2,2-4H3/b17-9+. The molecule has 0 amide bonds. The molecule has 0 heterocycles. The second kappa shape index (κ2) is 13.4. The van der Waals surface area contributed by atoms with Crippen molar-refractivity contribution >= 4 is 24.0 Å². The highest BCUT2D eigenvalue weighted by Crippen LogP contribution is 2.35. The summed E-state index contributed by atoms with van der Waals surface area (Å²) in [5.41, 5.74) is 1.12. The maximum atomic E-state index is 12.4. The van der Waals surface area contributed by atoms with E-state index in [1.807, 2.05) is 0 Å². The number of ether oxygens (including phenoxy) is 4. The van der Waals surface area contributed by atoms with Gasteiger partial charge in [0, 0.05) is 12.2 Å². The van der Waals surface area contributed by atoms with Crippen LogP contribution in [-0.2, 0) is 19.1 Å². The van der Waals surface area contributed by atoms with Crippen molar-refractivity contribution in [2.45, 2.75) is 46.1 Å². The number of benzene rings is 2. The Morgan fingerprint density at radius 2 is 1.65 bits per heavy atom. The van der Waals surface area contributed by atoms with E-state index in [0.717, 1.165) is 24.5 Å². The number of hydrogen-bond acceptors (Lipinski definition) is 7. The molecule has 1 aliphatic carbocycles. The lowest BCUT2D eigenvalue weighted by Gasteiger charge is -2.36. The molecule has 0 aliphatic heterocycles. The fraction of sp³-hybridized carbons (Fsp3) is 0.367. The molecule has 3 rings (SSSR count). The maximum absolute atomic E-state index is 12.4. The predicted octanol–water partition coefficient (Wildman–Crippen LogP) is 5.99. The van der Waals surface area contributed by atoms with E-state index in [2.05, 4.69) is 27.4 Å². The third kappa shape index (κ3) is 8.63. The molecule has 0 N–H and O–H groups in total. The third-order valence-corrected chi connectivity index (χ3v) is 6.41. The number of carbonyl (C=O) groups excluding carboxylic acids is 3. The molecular weight excluding hydrogens is 472 g/mol. The topological polar surface area (TPSA) is 88.1 Å². The van der Waals surface area contributed by atoms with Crippen LogP contribution in [0.25, 0.3) is 6.08 Å². The van der Waals surface area contributed by atoms with E-state index in [0.29, 0.717) is 34.8 Å². The molecule has 3 atom stereocenters. The predicted molar refractivity (Wildman–Crippen MR) is 140 cm³/mol. The lowest BCUT2D eigenvalue weighted by Crippen LogP contribution is -2.35. The molecule has 0 radical (unpaired) electrons. The summed E-state index contributed by atoms with van der Waals surface area (Å²) >= 11 is 0. The van der Waals surface area contributed by atoms with Crippen molar-refractivity contribution in [3.63, 3.8) is 0 Å². The van der Waals surface area contributed by atoms with Crippen LogP contribution < -0.4 is 9.47 Å². The first-order chi connectivity index (χ1) is 17.7. The molecule has 0 aromatic heterocycles. The minimum absolute atomic E-state index is 0.0434. The van der Waals surface area contributed by atoms with Crippen LogP contribution in [0.2, 0.25) is 0 Å². The van der Waals surface area contributed by atoms with Crippen molar-refractivity contribution in [2.75, 3.05) is 6.79 Å². The molecule has 0 saturated heterocycles. The Balaban J connectivity index is 1.49.